The third-order valence-electron chi connectivity index (χ3n) is 1.37. The van der Waals surface area contributed by atoms with Crippen LogP contribution in [0.2, 0.25) is 0 Å². The molecule has 0 heterocycles. The molecule has 13 heavy (non-hydrogen) atoms. The topological polar surface area (TPSA) is 35.5 Å². The van der Waals surface area contributed by atoms with E-state index >= 15 is 0 Å². The summed E-state index contributed by atoms with van der Waals surface area (Å²) < 4.78 is 21.7. The van der Waals surface area contributed by atoms with Crippen molar-refractivity contribution in [1.82, 2.24) is 0 Å². The first-order valence-corrected chi connectivity index (χ1v) is 3.54. The Morgan fingerprint density at radius 2 is 2.15 bits per heavy atom. The average Bonchev–Trinajstić information content (AvgIpc) is 2.15. The van der Waals surface area contributed by atoms with E-state index < -0.39 is 11.8 Å². The molecule has 69 valence electrons. The highest BCUT2D eigenvalue weighted by Gasteiger charge is 2.11. The minimum Gasteiger partial charge on any atom is -0.435 e. The standard InChI is InChI=1S/C9H8FO3/c1-12-6-13-9(11)7-4-2-3-5-8(7)10/h2-5H,1,6H2. The summed E-state index contributed by atoms with van der Waals surface area (Å²) in [6.07, 6.45) is 0. The molecule has 0 aromatic heterocycles. The molecule has 0 aliphatic carbocycles. The number of ether oxygens (including phenoxy) is 2. The van der Waals surface area contributed by atoms with Crippen molar-refractivity contribution in [2.45, 2.75) is 0 Å². The molecule has 0 spiro atoms. The lowest BCUT2D eigenvalue weighted by atomic mass is 10.2. The lowest BCUT2D eigenvalue weighted by molar-refractivity contribution is -0.00166. The molecule has 1 aromatic carbocycles. The first-order valence-electron chi connectivity index (χ1n) is 3.54. The molecule has 1 rings (SSSR count). The highest BCUT2D eigenvalue weighted by Crippen LogP contribution is 2.07. The second kappa shape index (κ2) is 4.57. The van der Waals surface area contributed by atoms with Gasteiger partial charge in [-0.1, -0.05) is 12.1 Å². The van der Waals surface area contributed by atoms with Crippen molar-refractivity contribution in [3.63, 3.8) is 0 Å². The third kappa shape index (κ3) is 2.52. The highest BCUT2D eigenvalue weighted by molar-refractivity contribution is 5.89. The van der Waals surface area contributed by atoms with Crippen molar-refractivity contribution >= 4 is 5.97 Å². The zero-order valence-corrected chi connectivity index (χ0v) is 6.83. The maximum Gasteiger partial charge on any atom is 0.343 e. The van der Waals surface area contributed by atoms with Crippen molar-refractivity contribution < 1.29 is 18.7 Å². The number of rotatable bonds is 3. The van der Waals surface area contributed by atoms with Gasteiger partial charge in [0.1, 0.15) is 5.82 Å². The van der Waals surface area contributed by atoms with Gasteiger partial charge in [-0.05, 0) is 12.1 Å². The Labute approximate surface area is 75.1 Å². The first kappa shape index (κ1) is 9.67. The Morgan fingerprint density at radius 3 is 2.77 bits per heavy atom. The van der Waals surface area contributed by atoms with E-state index in [1.807, 2.05) is 0 Å². The van der Waals surface area contributed by atoms with Crippen LogP contribution >= 0.6 is 0 Å². The summed E-state index contributed by atoms with van der Waals surface area (Å²) in [5.41, 5.74) is -0.112. The molecular formula is C9H8FO3. The number of carbonyl (C=O) groups excluding carboxylic acids is 1. The van der Waals surface area contributed by atoms with Crippen LogP contribution in [-0.4, -0.2) is 12.8 Å². The van der Waals surface area contributed by atoms with E-state index in [9.17, 15) is 9.18 Å². The number of benzene rings is 1. The van der Waals surface area contributed by atoms with Crippen molar-refractivity contribution in [3.8, 4) is 0 Å². The van der Waals surface area contributed by atoms with E-state index in [1.54, 1.807) is 6.07 Å². The maximum absolute atomic E-state index is 12.9. The molecule has 1 aromatic rings. The molecule has 0 aliphatic heterocycles. The van der Waals surface area contributed by atoms with Crippen LogP contribution in [-0.2, 0) is 9.47 Å². The number of hydrogen-bond acceptors (Lipinski definition) is 3. The van der Waals surface area contributed by atoms with Gasteiger partial charge in [-0.2, -0.15) is 0 Å². The Morgan fingerprint density at radius 1 is 1.46 bits per heavy atom. The summed E-state index contributed by atoms with van der Waals surface area (Å²) >= 11 is 0. The molecule has 0 amide bonds. The normalized spacial score (nSPS) is 9.69. The molecule has 0 saturated carbocycles. The Bertz CT molecular complexity index is 299. The second-order valence-electron chi connectivity index (χ2n) is 2.23. The molecule has 1 radical (unpaired) electrons. The molecule has 0 aliphatic rings. The van der Waals surface area contributed by atoms with Gasteiger partial charge in [0.2, 0.25) is 0 Å². The highest BCUT2D eigenvalue weighted by atomic mass is 19.1. The van der Waals surface area contributed by atoms with Crippen LogP contribution in [0.25, 0.3) is 0 Å². The monoisotopic (exact) mass is 183 g/mol. The lowest BCUT2D eigenvalue weighted by Crippen LogP contribution is -2.08. The van der Waals surface area contributed by atoms with Crippen LogP contribution in [0.5, 0.6) is 0 Å². The van der Waals surface area contributed by atoms with Gasteiger partial charge in [0.15, 0.2) is 6.79 Å². The predicted octanol–water partition coefficient (Wildman–Crippen LogP) is 1.75. The minimum atomic E-state index is -0.762. The van der Waals surface area contributed by atoms with E-state index in [1.165, 1.54) is 18.2 Å². The summed E-state index contributed by atoms with van der Waals surface area (Å²) in [6, 6.07) is 5.55. The van der Waals surface area contributed by atoms with Gasteiger partial charge in [-0.3, -0.25) is 0 Å². The van der Waals surface area contributed by atoms with Gasteiger partial charge in [0.05, 0.1) is 12.7 Å². The summed E-state index contributed by atoms with van der Waals surface area (Å²) in [5, 5.41) is 0. The van der Waals surface area contributed by atoms with Crippen LogP contribution in [0.1, 0.15) is 10.4 Å². The van der Waals surface area contributed by atoms with Crippen molar-refractivity contribution in [1.29, 1.82) is 0 Å². The second-order valence-corrected chi connectivity index (χ2v) is 2.23. The minimum absolute atomic E-state index is 0.112. The van der Waals surface area contributed by atoms with E-state index in [-0.39, 0.29) is 12.4 Å². The predicted molar refractivity (Wildman–Crippen MR) is 43.1 cm³/mol. The van der Waals surface area contributed by atoms with Crippen LogP contribution in [0.15, 0.2) is 24.3 Å². The summed E-state index contributed by atoms with van der Waals surface area (Å²) in [5.74, 6) is -1.38. The zero-order valence-electron chi connectivity index (χ0n) is 6.83. The Hall–Kier alpha value is -1.42. The molecule has 0 fully saturated rings. The Balaban J connectivity index is 2.71. The summed E-state index contributed by atoms with van der Waals surface area (Å²) in [6.45, 7) is -0.285. The Kier molecular flexibility index (Phi) is 3.40. The van der Waals surface area contributed by atoms with Gasteiger partial charge in [0.25, 0.3) is 0 Å². The lowest BCUT2D eigenvalue weighted by Gasteiger charge is -2.02. The molecule has 0 bridgehead atoms. The van der Waals surface area contributed by atoms with Gasteiger partial charge in [-0.15, -0.1) is 0 Å². The number of carbonyl (C=O) groups is 1. The largest absolute Gasteiger partial charge is 0.435 e. The fourth-order valence-corrected chi connectivity index (χ4v) is 0.800. The van der Waals surface area contributed by atoms with E-state index in [0.29, 0.717) is 0 Å². The molecule has 0 saturated heterocycles. The summed E-state index contributed by atoms with van der Waals surface area (Å²) in [4.78, 5) is 11.1. The molecule has 3 nitrogen and oxygen atoms in total. The molecule has 0 N–H and O–H groups in total. The average molecular weight is 183 g/mol. The fraction of sp³-hybridized carbons (Fsp3) is 0.111. The van der Waals surface area contributed by atoms with Gasteiger partial charge in [-0.25, -0.2) is 9.18 Å². The zero-order chi connectivity index (χ0) is 9.68. The van der Waals surface area contributed by atoms with E-state index in [4.69, 9.17) is 0 Å². The van der Waals surface area contributed by atoms with E-state index in [2.05, 4.69) is 16.6 Å². The third-order valence-corrected chi connectivity index (χ3v) is 1.37. The van der Waals surface area contributed by atoms with Gasteiger partial charge < -0.3 is 9.47 Å². The number of hydrogen-bond donors (Lipinski definition) is 0. The van der Waals surface area contributed by atoms with Crippen molar-refractivity contribution in [2.24, 2.45) is 0 Å². The smallest absolute Gasteiger partial charge is 0.343 e. The van der Waals surface area contributed by atoms with E-state index in [0.717, 1.165) is 0 Å². The van der Waals surface area contributed by atoms with Crippen LogP contribution < -0.4 is 0 Å². The summed E-state index contributed by atoms with van der Waals surface area (Å²) in [7, 11) is 3.00. The van der Waals surface area contributed by atoms with Crippen molar-refractivity contribution in [3.05, 3.63) is 42.8 Å². The number of esters is 1. The van der Waals surface area contributed by atoms with Gasteiger partial charge in [0, 0.05) is 0 Å². The number of halogens is 1. The quantitative estimate of drug-likeness (QED) is 0.529. The fourth-order valence-electron chi connectivity index (χ4n) is 0.800. The SMILES string of the molecule is [CH2]OCOC(=O)c1ccccc1F. The van der Waals surface area contributed by atoms with Crippen molar-refractivity contribution in [2.75, 3.05) is 6.79 Å². The molecule has 0 unspecified atom stereocenters. The van der Waals surface area contributed by atoms with Crippen LogP contribution in [0, 0.1) is 12.9 Å². The first-order chi connectivity index (χ1) is 6.25. The van der Waals surface area contributed by atoms with Gasteiger partial charge >= 0.3 is 5.97 Å². The van der Waals surface area contributed by atoms with Crippen LogP contribution in [0.3, 0.4) is 0 Å². The van der Waals surface area contributed by atoms with Crippen LogP contribution in [0.4, 0.5) is 4.39 Å². The molecular weight excluding hydrogens is 175 g/mol. The molecule has 4 heteroatoms. The molecule has 0 atom stereocenters. The maximum atomic E-state index is 12.9.